The Balaban J connectivity index is 2.06. The van der Waals surface area contributed by atoms with Crippen molar-refractivity contribution in [2.45, 2.75) is 20.3 Å². The van der Waals surface area contributed by atoms with Gasteiger partial charge in [0.15, 0.2) is 0 Å². The summed E-state index contributed by atoms with van der Waals surface area (Å²) in [5, 5.41) is 3.34. The van der Waals surface area contributed by atoms with Gasteiger partial charge in [-0.2, -0.15) is 0 Å². The highest BCUT2D eigenvalue weighted by Gasteiger charge is 2.08. The van der Waals surface area contributed by atoms with Crippen LogP contribution >= 0.6 is 11.6 Å². The largest absolute Gasteiger partial charge is 0.494 e. The molecule has 0 aliphatic carbocycles. The maximum atomic E-state index is 12.2. The molecule has 0 heterocycles. The highest BCUT2D eigenvalue weighted by molar-refractivity contribution is 6.34. The third-order valence-electron chi connectivity index (χ3n) is 2.96. The highest BCUT2D eigenvalue weighted by Crippen LogP contribution is 2.23. The maximum Gasteiger partial charge on any atom is 0.255 e. The number of carbonyl (C=O) groups excluding carboxylic acids is 1. The highest BCUT2D eigenvalue weighted by atomic mass is 35.5. The minimum Gasteiger partial charge on any atom is -0.494 e. The minimum absolute atomic E-state index is 0.192. The third-order valence-corrected chi connectivity index (χ3v) is 3.27. The summed E-state index contributed by atoms with van der Waals surface area (Å²) in [6.07, 6.45) is 0.953. The van der Waals surface area contributed by atoms with Crippen LogP contribution in [0.3, 0.4) is 0 Å². The molecule has 0 bridgehead atoms. The monoisotopic (exact) mass is 303 g/mol. The van der Waals surface area contributed by atoms with E-state index in [1.807, 2.05) is 26.0 Å². The number of halogens is 1. The topological polar surface area (TPSA) is 38.3 Å². The molecule has 0 fully saturated rings. The SMILES string of the molecule is CCCOc1ccc(C(=O)Nc2ccc(C)cc2Cl)cc1. The zero-order chi connectivity index (χ0) is 15.2. The number of carbonyl (C=O) groups is 1. The number of nitrogens with one attached hydrogen (secondary N) is 1. The number of hydrogen-bond donors (Lipinski definition) is 1. The van der Waals surface area contributed by atoms with Crippen LogP contribution in [0.25, 0.3) is 0 Å². The smallest absolute Gasteiger partial charge is 0.255 e. The molecule has 21 heavy (non-hydrogen) atoms. The van der Waals surface area contributed by atoms with E-state index in [0.29, 0.717) is 22.9 Å². The van der Waals surface area contributed by atoms with Crippen LogP contribution in [-0.4, -0.2) is 12.5 Å². The predicted molar refractivity (Wildman–Crippen MR) is 86.4 cm³/mol. The first kappa shape index (κ1) is 15.4. The number of aryl methyl sites for hydroxylation is 1. The van der Waals surface area contributed by atoms with E-state index in [9.17, 15) is 4.79 Å². The average Bonchev–Trinajstić information content (AvgIpc) is 2.48. The van der Waals surface area contributed by atoms with E-state index in [1.165, 1.54) is 0 Å². The van der Waals surface area contributed by atoms with Crippen LogP contribution in [0.5, 0.6) is 5.75 Å². The van der Waals surface area contributed by atoms with Gasteiger partial charge in [-0.15, -0.1) is 0 Å². The lowest BCUT2D eigenvalue weighted by Crippen LogP contribution is -2.12. The van der Waals surface area contributed by atoms with Gasteiger partial charge in [0.1, 0.15) is 5.75 Å². The standard InChI is InChI=1S/C17H18ClNO2/c1-3-10-21-14-7-5-13(6-8-14)17(20)19-16-9-4-12(2)11-15(16)18/h4-9,11H,3,10H2,1-2H3,(H,19,20). The molecule has 0 saturated heterocycles. The van der Waals surface area contributed by atoms with Gasteiger partial charge in [-0.3, -0.25) is 4.79 Å². The molecule has 0 atom stereocenters. The van der Waals surface area contributed by atoms with Gasteiger partial charge in [0.25, 0.3) is 5.91 Å². The van der Waals surface area contributed by atoms with Crippen LogP contribution in [0, 0.1) is 6.92 Å². The summed E-state index contributed by atoms with van der Waals surface area (Å²) in [6.45, 7) is 4.67. The number of rotatable bonds is 5. The van der Waals surface area contributed by atoms with Crippen LogP contribution in [0.2, 0.25) is 5.02 Å². The molecule has 1 amide bonds. The first-order valence-electron chi connectivity index (χ1n) is 6.90. The number of benzene rings is 2. The molecule has 0 aromatic heterocycles. The molecule has 1 N–H and O–H groups in total. The summed E-state index contributed by atoms with van der Waals surface area (Å²) in [4.78, 5) is 12.2. The lowest BCUT2D eigenvalue weighted by Gasteiger charge is -2.09. The molecule has 0 aliphatic rings. The number of hydrogen-bond acceptors (Lipinski definition) is 2. The van der Waals surface area contributed by atoms with E-state index < -0.39 is 0 Å². The Morgan fingerprint density at radius 2 is 1.90 bits per heavy atom. The molecular weight excluding hydrogens is 286 g/mol. The molecule has 0 spiro atoms. The van der Waals surface area contributed by atoms with Crippen molar-refractivity contribution >= 4 is 23.2 Å². The second-order valence-electron chi connectivity index (χ2n) is 4.81. The van der Waals surface area contributed by atoms with Crippen LogP contribution in [-0.2, 0) is 0 Å². The van der Waals surface area contributed by atoms with Crippen molar-refractivity contribution in [2.24, 2.45) is 0 Å². The second-order valence-corrected chi connectivity index (χ2v) is 5.22. The first-order chi connectivity index (χ1) is 10.1. The van der Waals surface area contributed by atoms with Gasteiger partial charge in [0.05, 0.1) is 17.3 Å². The molecule has 2 rings (SSSR count). The van der Waals surface area contributed by atoms with Crippen LogP contribution in [0.15, 0.2) is 42.5 Å². The Kier molecular flexibility index (Phi) is 5.23. The van der Waals surface area contributed by atoms with Crippen molar-refractivity contribution in [1.29, 1.82) is 0 Å². The van der Waals surface area contributed by atoms with Crippen molar-refractivity contribution in [3.63, 3.8) is 0 Å². The van der Waals surface area contributed by atoms with Crippen molar-refractivity contribution in [3.8, 4) is 5.75 Å². The first-order valence-corrected chi connectivity index (χ1v) is 7.28. The van der Waals surface area contributed by atoms with Gasteiger partial charge in [0, 0.05) is 5.56 Å². The van der Waals surface area contributed by atoms with Crippen molar-refractivity contribution < 1.29 is 9.53 Å². The molecule has 2 aromatic carbocycles. The molecule has 4 heteroatoms. The van der Waals surface area contributed by atoms with Gasteiger partial charge in [-0.1, -0.05) is 24.6 Å². The predicted octanol–water partition coefficient (Wildman–Crippen LogP) is 4.69. The molecule has 0 aliphatic heterocycles. The Labute approximate surface area is 129 Å². The van der Waals surface area contributed by atoms with E-state index >= 15 is 0 Å². The summed E-state index contributed by atoms with van der Waals surface area (Å²) in [5.41, 5.74) is 2.23. The fraction of sp³-hybridized carbons (Fsp3) is 0.235. The van der Waals surface area contributed by atoms with E-state index in [-0.39, 0.29) is 5.91 Å². The number of anilines is 1. The number of amides is 1. The molecule has 0 unspecified atom stereocenters. The normalized spacial score (nSPS) is 10.2. The summed E-state index contributed by atoms with van der Waals surface area (Å²) >= 11 is 6.11. The molecule has 2 aromatic rings. The molecule has 110 valence electrons. The van der Waals surface area contributed by atoms with E-state index in [0.717, 1.165) is 17.7 Å². The van der Waals surface area contributed by atoms with Gasteiger partial charge in [-0.25, -0.2) is 0 Å². The summed E-state index contributed by atoms with van der Waals surface area (Å²) in [6, 6.07) is 12.6. The van der Waals surface area contributed by atoms with Gasteiger partial charge in [0.2, 0.25) is 0 Å². The second kappa shape index (κ2) is 7.14. The Morgan fingerprint density at radius 3 is 2.52 bits per heavy atom. The molecule has 0 radical (unpaired) electrons. The fourth-order valence-corrected chi connectivity index (χ4v) is 2.12. The summed E-state index contributed by atoms with van der Waals surface area (Å²) in [7, 11) is 0. The van der Waals surface area contributed by atoms with Crippen LogP contribution in [0.1, 0.15) is 29.3 Å². The summed E-state index contributed by atoms with van der Waals surface area (Å²) < 4.78 is 5.49. The molecule has 3 nitrogen and oxygen atoms in total. The fourth-order valence-electron chi connectivity index (χ4n) is 1.84. The Hall–Kier alpha value is -2.00. The Morgan fingerprint density at radius 1 is 1.19 bits per heavy atom. The molecular formula is C17H18ClNO2. The van der Waals surface area contributed by atoms with Gasteiger partial charge < -0.3 is 10.1 Å². The van der Waals surface area contributed by atoms with Crippen molar-refractivity contribution in [3.05, 3.63) is 58.6 Å². The third kappa shape index (κ3) is 4.23. The average molecular weight is 304 g/mol. The van der Waals surface area contributed by atoms with Crippen LogP contribution in [0.4, 0.5) is 5.69 Å². The van der Waals surface area contributed by atoms with E-state index in [1.54, 1.807) is 30.3 Å². The van der Waals surface area contributed by atoms with E-state index in [4.69, 9.17) is 16.3 Å². The summed E-state index contributed by atoms with van der Waals surface area (Å²) in [5.74, 6) is 0.574. The zero-order valence-electron chi connectivity index (χ0n) is 12.2. The van der Waals surface area contributed by atoms with Crippen LogP contribution < -0.4 is 10.1 Å². The van der Waals surface area contributed by atoms with Crippen molar-refractivity contribution in [2.75, 3.05) is 11.9 Å². The number of ether oxygens (including phenoxy) is 1. The zero-order valence-corrected chi connectivity index (χ0v) is 12.9. The van der Waals surface area contributed by atoms with Gasteiger partial charge >= 0.3 is 0 Å². The quantitative estimate of drug-likeness (QED) is 0.870. The Bertz CT molecular complexity index is 623. The lowest BCUT2D eigenvalue weighted by molar-refractivity contribution is 0.102. The minimum atomic E-state index is -0.192. The van der Waals surface area contributed by atoms with Gasteiger partial charge in [-0.05, 0) is 55.3 Å². The maximum absolute atomic E-state index is 12.2. The van der Waals surface area contributed by atoms with Crippen molar-refractivity contribution in [1.82, 2.24) is 0 Å². The molecule has 0 saturated carbocycles. The lowest BCUT2D eigenvalue weighted by atomic mass is 10.2. The van der Waals surface area contributed by atoms with E-state index in [2.05, 4.69) is 5.32 Å².